The van der Waals surface area contributed by atoms with Gasteiger partial charge in [0.15, 0.2) is 0 Å². The summed E-state index contributed by atoms with van der Waals surface area (Å²) in [6.45, 7) is 3.29. The van der Waals surface area contributed by atoms with Gasteiger partial charge in [0.05, 0.1) is 6.26 Å². The lowest BCUT2D eigenvalue weighted by molar-refractivity contribution is 0.537. The molecule has 1 nitrogen and oxygen atoms in total. The molecule has 0 spiro atoms. The molecule has 0 aliphatic rings. The molecule has 0 aromatic rings. The van der Waals surface area contributed by atoms with Crippen molar-refractivity contribution in [3.63, 3.8) is 0 Å². The maximum absolute atomic E-state index is 4.44. The van der Waals surface area contributed by atoms with Crippen molar-refractivity contribution < 1.29 is 4.43 Å². The first-order valence-electron chi connectivity index (χ1n) is 1.05. The second-order valence-corrected chi connectivity index (χ2v) is 0.874. The monoisotopic (exact) mass is 202 g/mol. The summed E-state index contributed by atoms with van der Waals surface area (Å²) >= 11 is 0. The van der Waals surface area contributed by atoms with E-state index in [2.05, 4.69) is 11.0 Å². The number of hydrogen-bond donors (Lipinski definition) is 0. The summed E-state index contributed by atoms with van der Waals surface area (Å²) in [6.07, 6.45) is 1.44. The van der Waals surface area contributed by atoms with Crippen LogP contribution < -0.4 is 0 Å². The predicted octanol–water partition coefficient (Wildman–Crippen LogP) is 0.0449. The smallest absolute Gasteiger partial charge is 0.203 e. The highest BCUT2D eigenvalue weighted by molar-refractivity contribution is 14.0. The molecule has 0 aliphatic heterocycles. The van der Waals surface area contributed by atoms with E-state index in [9.17, 15) is 0 Å². The molecule has 0 unspecified atom stereocenters. The SMILES string of the molecule is C=CO[SiH3].I. The highest BCUT2D eigenvalue weighted by Crippen LogP contribution is 1.50. The van der Waals surface area contributed by atoms with Gasteiger partial charge in [0, 0.05) is 0 Å². The summed E-state index contributed by atoms with van der Waals surface area (Å²) < 4.78 is 4.44. The molecule has 0 saturated carbocycles. The zero-order chi connectivity index (χ0) is 3.41. The molecule has 0 bridgehead atoms. The summed E-state index contributed by atoms with van der Waals surface area (Å²) in [7, 11) is 0.772. The Labute approximate surface area is 52.0 Å². The maximum Gasteiger partial charge on any atom is 0.203 e. The van der Waals surface area contributed by atoms with Gasteiger partial charge in [-0.05, 0) is 0 Å². The third kappa shape index (κ3) is 12.6. The standard InChI is InChI=1S/C2H6OSi.HI/c1-2-3-4;/h2H,1H2,4H3;1H. The first-order valence-corrected chi connectivity index (χ1v) is 1.87. The lowest BCUT2D eigenvalue weighted by atomic mass is 11.2. The van der Waals surface area contributed by atoms with Crippen molar-refractivity contribution in [2.75, 3.05) is 0 Å². The first-order chi connectivity index (χ1) is 1.91. The molecule has 0 N–H and O–H groups in total. The molecule has 3 heteroatoms. The van der Waals surface area contributed by atoms with Crippen LogP contribution >= 0.6 is 24.0 Å². The fraction of sp³-hybridized carbons (Fsp3) is 0. The first kappa shape index (κ1) is 9.09. The largest absolute Gasteiger partial charge is 0.559 e. The van der Waals surface area contributed by atoms with E-state index in [4.69, 9.17) is 0 Å². The van der Waals surface area contributed by atoms with Crippen molar-refractivity contribution >= 4 is 34.5 Å². The molecule has 0 amide bonds. The summed E-state index contributed by atoms with van der Waals surface area (Å²) in [5, 5.41) is 0. The Morgan fingerprint density at radius 2 is 2.00 bits per heavy atom. The molecule has 0 rings (SSSR count). The molecule has 0 fully saturated rings. The van der Waals surface area contributed by atoms with Crippen molar-refractivity contribution in [3.8, 4) is 0 Å². The fourth-order valence-corrected chi connectivity index (χ4v) is 0. The minimum Gasteiger partial charge on any atom is -0.559 e. The molecule has 0 heterocycles. The summed E-state index contributed by atoms with van der Waals surface area (Å²) in [5.74, 6) is 0. The van der Waals surface area contributed by atoms with Gasteiger partial charge < -0.3 is 4.43 Å². The van der Waals surface area contributed by atoms with Crippen LogP contribution in [0.3, 0.4) is 0 Å². The second kappa shape index (κ2) is 8.82. The molecule has 0 aromatic heterocycles. The molecular formula is C2H7IOSi. The number of hydrogen-bond acceptors (Lipinski definition) is 1. The molecule has 0 atom stereocenters. The Balaban J connectivity index is 0. The average molecular weight is 202 g/mol. The van der Waals surface area contributed by atoms with E-state index in [-0.39, 0.29) is 24.0 Å². The molecule has 0 aliphatic carbocycles. The molecule has 32 valence electrons. The average Bonchev–Trinajstić information content (AvgIpc) is 1.37. The van der Waals surface area contributed by atoms with Crippen molar-refractivity contribution in [2.45, 2.75) is 0 Å². The minimum atomic E-state index is 0. The van der Waals surface area contributed by atoms with E-state index in [0.717, 1.165) is 10.5 Å². The van der Waals surface area contributed by atoms with Gasteiger partial charge in [-0.2, -0.15) is 0 Å². The Bertz CT molecular complexity index is 23.6. The Hall–Kier alpha value is 0.487. The van der Waals surface area contributed by atoms with Crippen molar-refractivity contribution in [2.24, 2.45) is 0 Å². The van der Waals surface area contributed by atoms with Crippen LogP contribution in [0.2, 0.25) is 0 Å². The van der Waals surface area contributed by atoms with Gasteiger partial charge in [-0.15, -0.1) is 24.0 Å². The van der Waals surface area contributed by atoms with Crippen molar-refractivity contribution in [1.82, 2.24) is 0 Å². The van der Waals surface area contributed by atoms with Gasteiger partial charge in [0.1, 0.15) is 0 Å². The lowest BCUT2D eigenvalue weighted by Gasteiger charge is -1.74. The van der Waals surface area contributed by atoms with Gasteiger partial charge in [-0.25, -0.2) is 0 Å². The van der Waals surface area contributed by atoms with Crippen LogP contribution in [0.15, 0.2) is 12.8 Å². The second-order valence-electron chi connectivity index (χ2n) is 0.402. The molecule has 0 aromatic carbocycles. The van der Waals surface area contributed by atoms with E-state index < -0.39 is 0 Å². The van der Waals surface area contributed by atoms with Crippen LogP contribution in [0.4, 0.5) is 0 Å². The highest BCUT2D eigenvalue weighted by atomic mass is 127. The van der Waals surface area contributed by atoms with Crippen LogP contribution in [0.25, 0.3) is 0 Å². The molecule has 0 radical (unpaired) electrons. The summed E-state index contributed by atoms with van der Waals surface area (Å²) in [6, 6.07) is 0. The minimum absolute atomic E-state index is 0. The van der Waals surface area contributed by atoms with E-state index in [1.807, 2.05) is 0 Å². The van der Waals surface area contributed by atoms with Crippen LogP contribution in [-0.4, -0.2) is 10.5 Å². The maximum atomic E-state index is 4.44. The van der Waals surface area contributed by atoms with E-state index in [1.54, 1.807) is 0 Å². The van der Waals surface area contributed by atoms with E-state index in [1.165, 1.54) is 6.26 Å². The fourth-order valence-electron chi connectivity index (χ4n) is 0. The van der Waals surface area contributed by atoms with Crippen LogP contribution in [0.1, 0.15) is 0 Å². The zero-order valence-corrected chi connectivity index (χ0v) is 7.43. The quantitative estimate of drug-likeness (QED) is 0.331. The Morgan fingerprint density at radius 1 is 1.80 bits per heavy atom. The lowest BCUT2D eigenvalue weighted by Crippen LogP contribution is -1.59. The number of rotatable bonds is 1. The van der Waals surface area contributed by atoms with E-state index in [0.29, 0.717) is 0 Å². The predicted molar refractivity (Wildman–Crippen MR) is 36.6 cm³/mol. The van der Waals surface area contributed by atoms with Gasteiger partial charge in [-0.3, -0.25) is 0 Å². The van der Waals surface area contributed by atoms with Gasteiger partial charge in [0.2, 0.25) is 10.5 Å². The van der Waals surface area contributed by atoms with Gasteiger partial charge in [-0.1, -0.05) is 6.58 Å². The van der Waals surface area contributed by atoms with Crippen molar-refractivity contribution in [3.05, 3.63) is 12.8 Å². The molecule has 0 saturated heterocycles. The number of halogens is 1. The topological polar surface area (TPSA) is 9.23 Å². The highest BCUT2D eigenvalue weighted by Gasteiger charge is 1.36. The van der Waals surface area contributed by atoms with Crippen LogP contribution in [0, 0.1) is 0 Å². The normalized spacial score (nSPS) is 4.80. The third-order valence-corrected chi connectivity index (χ3v) is 0.500. The Kier molecular flexibility index (Phi) is 16.0. The van der Waals surface area contributed by atoms with Crippen LogP contribution in [-0.2, 0) is 4.43 Å². The zero-order valence-electron chi connectivity index (χ0n) is 3.10. The third-order valence-electron chi connectivity index (χ3n) is 0.167. The molecular weight excluding hydrogens is 195 g/mol. The summed E-state index contributed by atoms with van der Waals surface area (Å²) in [5.41, 5.74) is 0. The van der Waals surface area contributed by atoms with E-state index >= 15 is 0 Å². The molecule has 5 heavy (non-hydrogen) atoms. The van der Waals surface area contributed by atoms with Gasteiger partial charge in [0.25, 0.3) is 0 Å². The van der Waals surface area contributed by atoms with Crippen molar-refractivity contribution in [1.29, 1.82) is 0 Å². The summed E-state index contributed by atoms with van der Waals surface area (Å²) in [4.78, 5) is 0. The van der Waals surface area contributed by atoms with Gasteiger partial charge >= 0.3 is 0 Å². The van der Waals surface area contributed by atoms with Crippen LogP contribution in [0.5, 0.6) is 0 Å². The Morgan fingerprint density at radius 3 is 2.00 bits per heavy atom.